The molecule has 0 bridgehead atoms. The van der Waals surface area contributed by atoms with E-state index in [4.69, 9.17) is 10.8 Å². The van der Waals surface area contributed by atoms with Crippen molar-refractivity contribution in [3.05, 3.63) is 45.5 Å². The minimum Gasteiger partial charge on any atom is -0.478 e. The number of benzene rings is 1. The maximum atomic E-state index is 10.8. The first kappa shape index (κ1) is 13.4. The highest BCUT2D eigenvalue weighted by Crippen LogP contribution is 2.22. The Balaban J connectivity index is 3.12. The van der Waals surface area contributed by atoms with Crippen molar-refractivity contribution in [1.82, 2.24) is 0 Å². The van der Waals surface area contributed by atoms with E-state index in [0.717, 1.165) is 6.07 Å². The van der Waals surface area contributed by atoms with Crippen LogP contribution in [0.1, 0.15) is 22.3 Å². The monoisotopic (exact) mass is 250 g/mol. The predicted octanol–water partition coefficient (Wildman–Crippen LogP) is 1.18. The van der Waals surface area contributed by atoms with Gasteiger partial charge in [0.1, 0.15) is 0 Å². The Morgan fingerprint density at radius 3 is 2.61 bits per heavy atom. The van der Waals surface area contributed by atoms with Crippen LogP contribution in [0, 0.1) is 10.1 Å². The van der Waals surface area contributed by atoms with E-state index >= 15 is 0 Å². The van der Waals surface area contributed by atoms with Gasteiger partial charge in [-0.3, -0.25) is 14.9 Å². The molecule has 1 rings (SSSR count). The molecule has 7 nitrogen and oxygen atoms in total. The molecule has 0 radical (unpaired) electrons. The van der Waals surface area contributed by atoms with Gasteiger partial charge in [0, 0.05) is 12.5 Å². The number of hydrogen-bond acceptors (Lipinski definition) is 4. The topological polar surface area (TPSA) is 124 Å². The summed E-state index contributed by atoms with van der Waals surface area (Å²) < 4.78 is 0. The van der Waals surface area contributed by atoms with Crippen LogP contribution in [0.25, 0.3) is 6.08 Å². The summed E-state index contributed by atoms with van der Waals surface area (Å²) in [6, 6.07) is 3.52. The van der Waals surface area contributed by atoms with Crippen LogP contribution >= 0.6 is 0 Å². The Bertz CT molecular complexity index is 536. The molecule has 1 aromatic carbocycles. The van der Waals surface area contributed by atoms with E-state index in [1.807, 2.05) is 0 Å². The third-order valence-electron chi connectivity index (χ3n) is 2.09. The van der Waals surface area contributed by atoms with Crippen LogP contribution in [0.3, 0.4) is 0 Å². The molecule has 0 saturated carbocycles. The fourth-order valence-corrected chi connectivity index (χ4v) is 1.28. The number of carboxylic acids is 1. The maximum absolute atomic E-state index is 10.8. The minimum absolute atomic E-state index is 0.0438. The van der Waals surface area contributed by atoms with E-state index in [1.165, 1.54) is 24.3 Å². The van der Waals surface area contributed by atoms with Crippen LogP contribution in [-0.4, -0.2) is 21.9 Å². The lowest BCUT2D eigenvalue weighted by atomic mass is 10.1. The summed E-state index contributed by atoms with van der Waals surface area (Å²) in [5, 5.41) is 19.5. The Hall–Kier alpha value is -2.70. The Kier molecular flexibility index (Phi) is 4.14. The SMILES string of the molecule is NC(=O)CC=Cc1ccc(C(=O)O)cc1[N+](=O)[O-]. The predicted molar refractivity (Wildman–Crippen MR) is 62.9 cm³/mol. The quantitative estimate of drug-likeness (QED) is 0.599. The number of nitrogens with zero attached hydrogens (tertiary/aromatic N) is 1. The highest BCUT2D eigenvalue weighted by atomic mass is 16.6. The van der Waals surface area contributed by atoms with Crippen molar-refractivity contribution >= 4 is 23.6 Å². The van der Waals surface area contributed by atoms with Crippen LogP contribution in [0.2, 0.25) is 0 Å². The molecular formula is C11H10N2O5. The van der Waals surface area contributed by atoms with E-state index in [9.17, 15) is 19.7 Å². The van der Waals surface area contributed by atoms with E-state index < -0.39 is 16.8 Å². The number of amides is 1. The van der Waals surface area contributed by atoms with E-state index in [1.54, 1.807) is 0 Å². The maximum Gasteiger partial charge on any atom is 0.335 e. The lowest BCUT2D eigenvalue weighted by Crippen LogP contribution is -2.07. The summed E-state index contributed by atoms with van der Waals surface area (Å²) in [6.45, 7) is 0. The number of nitro benzene ring substituents is 1. The van der Waals surface area contributed by atoms with E-state index in [2.05, 4.69) is 0 Å². The molecule has 1 aromatic rings. The molecule has 0 spiro atoms. The summed E-state index contributed by atoms with van der Waals surface area (Å²) in [5.74, 6) is -1.80. The van der Waals surface area contributed by atoms with Crippen LogP contribution in [0.4, 0.5) is 5.69 Å². The second-order valence-electron chi connectivity index (χ2n) is 3.41. The zero-order valence-corrected chi connectivity index (χ0v) is 9.20. The average molecular weight is 250 g/mol. The van der Waals surface area contributed by atoms with Gasteiger partial charge >= 0.3 is 5.97 Å². The lowest BCUT2D eigenvalue weighted by molar-refractivity contribution is -0.385. The highest BCUT2D eigenvalue weighted by Gasteiger charge is 2.15. The van der Waals surface area contributed by atoms with Gasteiger partial charge in [0.2, 0.25) is 5.91 Å². The molecule has 7 heteroatoms. The number of carbonyl (C=O) groups excluding carboxylic acids is 1. The molecule has 1 amide bonds. The summed E-state index contributed by atoms with van der Waals surface area (Å²) >= 11 is 0. The van der Waals surface area contributed by atoms with Gasteiger partial charge in [0.25, 0.3) is 5.69 Å². The number of aromatic carboxylic acids is 1. The third kappa shape index (κ3) is 3.41. The van der Waals surface area contributed by atoms with Gasteiger partial charge in [0.05, 0.1) is 16.1 Å². The molecular weight excluding hydrogens is 240 g/mol. The summed E-state index contributed by atoms with van der Waals surface area (Å²) in [7, 11) is 0. The van der Waals surface area contributed by atoms with Gasteiger partial charge < -0.3 is 10.8 Å². The largest absolute Gasteiger partial charge is 0.478 e. The van der Waals surface area contributed by atoms with E-state index in [0.29, 0.717) is 0 Å². The Morgan fingerprint density at radius 2 is 2.11 bits per heavy atom. The third-order valence-corrected chi connectivity index (χ3v) is 2.09. The van der Waals surface area contributed by atoms with Crippen molar-refractivity contribution in [2.24, 2.45) is 5.73 Å². The molecule has 0 fully saturated rings. The molecule has 0 heterocycles. The molecule has 0 saturated heterocycles. The smallest absolute Gasteiger partial charge is 0.335 e. The van der Waals surface area contributed by atoms with Crippen LogP contribution in [-0.2, 0) is 4.79 Å². The zero-order chi connectivity index (χ0) is 13.7. The van der Waals surface area contributed by atoms with Crippen molar-refractivity contribution in [3.8, 4) is 0 Å². The first-order valence-corrected chi connectivity index (χ1v) is 4.88. The normalized spacial score (nSPS) is 10.4. The molecule has 0 aliphatic carbocycles. The van der Waals surface area contributed by atoms with Crippen LogP contribution < -0.4 is 5.73 Å². The first-order valence-electron chi connectivity index (χ1n) is 4.88. The van der Waals surface area contributed by atoms with E-state index in [-0.39, 0.29) is 23.2 Å². The molecule has 18 heavy (non-hydrogen) atoms. The van der Waals surface area contributed by atoms with Gasteiger partial charge in [-0.2, -0.15) is 0 Å². The summed E-state index contributed by atoms with van der Waals surface area (Å²) in [6.07, 6.45) is 2.69. The van der Waals surface area contributed by atoms with Crippen LogP contribution in [0.15, 0.2) is 24.3 Å². The van der Waals surface area contributed by atoms with Crippen molar-refractivity contribution in [3.63, 3.8) is 0 Å². The number of hydrogen-bond donors (Lipinski definition) is 2. The van der Waals surface area contributed by atoms with Gasteiger partial charge in [-0.25, -0.2) is 4.79 Å². The number of carbonyl (C=O) groups is 2. The molecule has 0 aliphatic heterocycles. The fraction of sp³-hybridized carbons (Fsp3) is 0.0909. The van der Waals surface area contributed by atoms with Crippen molar-refractivity contribution in [1.29, 1.82) is 0 Å². The van der Waals surface area contributed by atoms with Gasteiger partial charge in [-0.15, -0.1) is 0 Å². The lowest BCUT2D eigenvalue weighted by Gasteiger charge is -1.99. The highest BCUT2D eigenvalue weighted by molar-refractivity contribution is 5.89. The number of rotatable bonds is 5. The fourth-order valence-electron chi connectivity index (χ4n) is 1.28. The number of primary amides is 1. The number of carboxylic acid groups (broad SMARTS) is 1. The molecule has 0 aromatic heterocycles. The average Bonchev–Trinajstić information content (AvgIpc) is 2.28. The van der Waals surface area contributed by atoms with Crippen molar-refractivity contribution in [2.45, 2.75) is 6.42 Å². The first-order chi connectivity index (χ1) is 8.41. The van der Waals surface area contributed by atoms with Crippen molar-refractivity contribution in [2.75, 3.05) is 0 Å². The summed E-state index contributed by atoms with van der Waals surface area (Å²) in [4.78, 5) is 31.3. The molecule has 0 aliphatic rings. The van der Waals surface area contributed by atoms with Gasteiger partial charge in [-0.1, -0.05) is 12.2 Å². The Morgan fingerprint density at radius 1 is 1.44 bits per heavy atom. The number of nitrogens with two attached hydrogens (primary N) is 1. The molecule has 3 N–H and O–H groups in total. The summed E-state index contributed by atoms with van der Waals surface area (Å²) in [5.41, 5.74) is 4.62. The second-order valence-corrected chi connectivity index (χ2v) is 3.41. The molecule has 0 unspecified atom stereocenters. The van der Waals surface area contributed by atoms with Crippen LogP contribution in [0.5, 0.6) is 0 Å². The molecule has 0 atom stereocenters. The zero-order valence-electron chi connectivity index (χ0n) is 9.20. The molecule has 94 valence electrons. The van der Waals surface area contributed by atoms with Crippen molar-refractivity contribution < 1.29 is 19.6 Å². The van der Waals surface area contributed by atoms with Gasteiger partial charge in [-0.05, 0) is 12.1 Å². The van der Waals surface area contributed by atoms with Gasteiger partial charge in [0.15, 0.2) is 0 Å². The minimum atomic E-state index is -1.24. The standard InChI is InChI=1S/C11H10N2O5/c12-10(14)3-1-2-7-4-5-8(11(15)16)6-9(7)13(17)18/h1-2,4-6H,3H2,(H2,12,14)(H,15,16). The number of nitro groups is 1. The second kappa shape index (κ2) is 5.58. The Labute approximate surface area is 102 Å².